The van der Waals surface area contributed by atoms with Crippen molar-refractivity contribution in [1.82, 2.24) is 15.2 Å². The van der Waals surface area contributed by atoms with Crippen LogP contribution >= 0.6 is 0 Å². The van der Waals surface area contributed by atoms with Crippen LogP contribution in [0.25, 0.3) is 0 Å². The van der Waals surface area contributed by atoms with E-state index in [0.29, 0.717) is 24.8 Å². The average Bonchev–Trinajstić information content (AvgIpc) is 2.96. The number of nitrogens with one attached hydrogen (secondary N) is 1. The molecule has 0 saturated carbocycles. The average molecular weight is 363 g/mol. The van der Waals surface area contributed by atoms with Crippen LogP contribution in [0, 0.1) is 0 Å². The Balaban J connectivity index is 1.71. The first kappa shape index (κ1) is 17.4. The second-order valence-corrected chi connectivity index (χ2v) is 8.12. The Morgan fingerprint density at radius 1 is 1.32 bits per heavy atom. The van der Waals surface area contributed by atoms with Crippen LogP contribution in [0.3, 0.4) is 0 Å². The Morgan fingerprint density at radius 2 is 2.08 bits per heavy atom. The van der Waals surface area contributed by atoms with Crippen LogP contribution in [0.5, 0.6) is 5.75 Å². The van der Waals surface area contributed by atoms with Gasteiger partial charge in [-0.25, -0.2) is 8.42 Å². The summed E-state index contributed by atoms with van der Waals surface area (Å²) in [7, 11) is -1.12. The fourth-order valence-electron chi connectivity index (χ4n) is 2.72. The van der Waals surface area contributed by atoms with Gasteiger partial charge in [-0.05, 0) is 37.6 Å². The highest BCUT2D eigenvalue weighted by Gasteiger charge is 2.31. The molecule has 1 N–H and O–H groups in total. The molecule has 1 atom stereocenters. The van der Waals surface area contributed by atoms with Gasteiger partial charge in [0.05, 0.1) is 24.3 Å². The van der Waals surface area contributed by atoms with Gasteiger partial charge in [-0.3, -0.25) is 0 Å². The van der Waals surface area contributed by atoms with E-state index in [4.69, 9.17) is 4.74 Å². The van der Waals surface area contributed by atoms with Gasteiger partial charge in [-0.15, -0.1) is 5.10 Å². The van der Waals surface area contributed by atoms with Gasteiger partial charge in [0.25, 0.3) is 0 Å². The van der Waals surface area contributed by atoms with Crippen LogP contribution in [-0.2, 0) is 9.84 Å². The number of hydrogen-bond acceptors (Lipinski definition) is 8. The minimum atomic E-state index is -2.95. The second kappa shape index (κ2) is 7.22. The standard InChI is InChI=1S/C16H21N5O3S/c1-3-24-14-6-4-12(5-7-14)18-16-19-15(10-17-20-16)21(2)13-8-9-25(22,23)11-13/h4-7,10,13H,3,8-9,11H2,1-2H3,(H,18,19,20). The van der Waals surface area contributed by atoms with Gasteiger partial charge in [-0.1, -0.05) is 0 Å². The van der Waals surface area contributed by atoms with Crippen molar-refractivity contribution >= 4 is 27.3 Å². The zero-order valence-corrected chi connectivity index (χ0v) is 15.0. The van der Waals surface area contributed by atoms with Gasteiger partial charge >= 0.3 is 0 Å². The topological polar surface area (TPSA) is 97.3 Å². The molecule has 0 amide bonds. The molecule has 8 nitrogen and oxygen atoms in total. The zero-order chi connectivity index (χ0) is 17.9. The Bertz CT molecular complexity index is 826. The molecule has 1 unspecified atom stereocenters. The van der Waals surface area contributed by atoms with Gasteiger partial charge in [-0.2, -0.15) is 10.1 Å². The molecule has 0 radical (unpaired) electrons. The summed E-state index contributed by atoms with van der Waals surface area (Å²) < 4.78 is 28.7. The Kier molecular flexibility index (Phi) is 5.03. The maximum absolute atomic E-state index is 11.7. The van der Waals surface area contributed by atoms with E-state index in [1.54, 1.807) is 0 Å². The van der Waals surface area contributed by atoms with Crippen LogP contribution in [-0.4, -0.2) is 54.8 Å². The summed E-state index contributed by atoms with van der Waals surface area (Å²) in [6.07, 6.45) is 2.14. The molecule has 3 rings (SSSR count). The molecule has 2 aromatic rings. The molecule has 25 heavy (non-hydrogen) atoms. The van der Waals surface area contributed by atoms with Crippen molar-refractivity contribution in [2.45, 2.75) is 19.4 Å². The van der Waals surface area contributed by atoms with Crippen molar-refractivity contribution in [3.63, 3.8) is 0 Å². The fourth-order valence-corrected chi connectivity index (χ4v) is 4.49. The van der Waals surface area contributed by atoms with E-state index in [0.717, 1.165) is 11.4 Å². The molecule has 0 aliphatic carbocycles. The van der Waals surface area contributed by atoms with Gasteiger partial charge in [0.2, 0.25) is 5.95 Å². The highest BCUT2D eigenvalue weighted by atomic mass is 32.2. The summed E-state index contributed by atoms with van der Waals surface area (Å²) in [5, 5.41) is 11.0. The van der Waals surface area contributed by atoms with Crippen molar-refractivity contribution in [2.75, 3.05) is 35.4 Å². The number of hydrogen-bond donors (Lipinski definition) is 1. The van der Waals surface area contributed by atoms with Gasteiger partial charge < -0.3 is 15.0 Å². The second-order valence-electron chi connectivity index (χ2n) is 5.89. The molecule has 1 aliphatic heterocycles. The predicted molar refractivity (Wildman–Crippen MR) is 96.2 cm³/mol. The van der Waals surface area contributed by atoms with Crippen molar-refractivity contribution in [3.8, 4) is 5.75 Å². The van der Waals surface area contributed by atoms with E-state index in [1.807, 2.05) is 43.1 Å². The molecule has 1 aliphatic rings. The van der Waals surface area contributed by atoms with E-state index in [1.165, 1.54) is 6.20 Å². The quantitative estimate of drug-likeness (QED) is 0.827. The number of aromatic nitrogens is 3. The van der Waals surface area contributed by atoms with Crippen LogP contribution in [0.1, 0.15) is 13.3 Å². The Morgan fingerprint density at radius 3 is 2.72 bits per heavy atom. The Labute approximate surface area is 147 Å². The molecule has 0 bridgehead atoms. The number of anilines is 3. The number of rotatable bonds is 6. The van der Waals surface area contributed by atoms with Crippen molar-refractivity contribution in [2.24, 2.45) is 0 Å². The van der Waals surface area contributed by atoms with E-state index in [2.05, 4.69) is 20.5 Å². The van der Waals surface area contributed by atoms with Crippen molar-refractivity contribution < 1.29 is 13.2 Å². The summed E-state index contributed by atoms with van der Waals surface area (Å²) in [4.78, 5) is 6.28. The normalized spacial score (nSPS) is 18.7. The van der Waals surface area contributed by atoms with Gasteiger partial charge in [0, 0.05) is 18.8 Å². The third-order valence-electron chi connectivity index (χ3n) is 4.09. The minimum Gasteiger partial charge on any atom is -0.494 e. The van der Waals surface area contributed by atoms with E-state index >= 15 is 0 Å². The molecule has 1 aromatic heterocycles. The molecule has 1 saturated heterocycles. The van der Waals surface area contributed by atoms with E-state index in [-0.39, 0.29) is 17.5 Å². The first-order valence-corrected chi connectivity index (χ1v) is 9.92. The summed E-state index contributed by atoms with van der Waals surface area (Å²) in [5.74, 6) is 2.11. The van der Waals surface area contributed by atoms with Crippen LogP contribution in [0.2, 0.25) is 0 Å². The number of nitrogens with zero attached hydrogens (tertiary/aromatic N) is 4. The summed E-state index contributed by atoms with van der Waals surface area (Å²) >= 11 is 0. The molecular weight excluding hydrogens is 342 g/mol. The fraction of sp³-hybridized carbons (Fsp3) is 0.438. The smallest absolute Gasteiger partial charge is 0.249 e. The first-order chi connectivity index (χ1) is 12.0. The Hall–Kier alpha value is -2.42. The summed E-state index contributed by atoms with van der Waals surface area (Å²) in [6.45, 7) is 2.55. The van der Waals surface area contributed by atoms with Crippen molar-refractivity contribution in [3.05, 3.63) is 30.5 Å². The third-order valence-corrected chi connectivity index (χ3v) is 5.84. The summed E-state index contributed by atoms with van der Waals surface area (Å²) in [6, 6.07) is 7.37. The van der Waals surface area contributed by atoms with Crippen LogP contribution in [0.15, 0.2) is 30.5 Å². The zero-order valence-electron chi connectivity index (χ0n) is 14.2. The molecule has 9 heteroatoms. The number of benzene rings is 1. The van der Waals surface area contributed by atoms with Crippen LogP contribution in [0.4, 0.5) is 17.5 Å². The first-order valence-electron chi connectivity index (χ1n) is 8.10. The highest BCUT2D eigenvalue weighted by Crippen LogP contribution is 2.22. The van der Waals surface area contributed by atoms with Gasteiger partial charge in [0.1, 0.15) is 5.75 Å². The van der Waals surface area contributed by atoms with Crippen LogP contribution < -0.4 is 15.0 Å². The molecule has 1 fully saturated rings. The molecular formula is C16H21N5O3S. The molecule has 2 heterocycles. The van der Waals surface area contributed by atoms with E-state index in [9.17, 15) is 8.42 Å². The summed E-state index contributed by atoms with van der Waals surface area (Å²) in [5.41, 5.74) is 0.813. The molecule has 1 aromatic carbocycles. The van der Waals surface area contributed by atoms with Crippen molar-refractivity contribution in [1.29, 1.82) is 0 Å². The lowest BCUT2D eigenvalue weighted by Gasteiger charge is -2.24. The van der Waals surface area contributed by atoms with Gasteiger partial charge in [0.15, 0.2) is 15.7 Å². The largest absolute Gasteiger partial charge is 0.494 e. The lowest BCUT2D eigenvalue weighted by molar-refractivity contribution is 0.340. The lowest BCUT2D eigenvalue weighted by atomic mass is 10.2. The molecule has 134 valence electrons. The minimum absolute atomic E-state index is 0.0833. The number of sulfone groups is 1. The third kappa shape index (κ3) is 4.36. The highest BCUT2D eigenvalue weighted by molar-refractivity contribution is 7.91. The molecule has 0 spiro atoms. The maximum atomic E-state index is 11.7. The SMILES string of the molecule is CCOc1ccc(Nc2nncc(N(C)C3CCS(=O)(=O)C3)n2)cc1. The maximum Gasteiger partial charge on any atom is 0.249 e. The number of ether oxygens (including phenoxy) is 1. The monoisotopic (exact) mass is 363 g/mol. The lowest BCUT2D eigenvalue weighted by Crippen LogP contribution is -2.33. The predicted octanol–water partition coefficient (Wildman–Crippen LogP) is 1.64. The van der Waals surface area contributed by atoms with E-state index < -0.39 is 9.84 Å².